The van der Waals surface area contributed by atoms with Crippen molar-refractivity contribution in [2.24, 2.45) is 0 Å². The van der Waals surface area contributed by atoms with E-state index in [1.807, 2.05) is 30.3 Å². The predicted octanol–water partition coefficient (Wildman–Crippen LogP) is 1.67. The first-order valence-electron chi connectivity index (χ1n) is 7.41. The molecular weight excluding hydrogens is 254 g/mol. The zero-order valence-corrected chi connectivity index (χ0v) is 12.2. The molecular formula is C16H25NO3. The SMILES string of the molecule is CCC1COCCN1CC(O)COCc1ccccc1. The molecule has 1 aromatic rings. The maximum absolute atomic E-state index is 10.1. The second-order valence-corrected chi connectivity index (χ2v) is 5.29. The van der Waals surface area contributed by atoms with Crippen molar-refractivity contribution in [3.05, 3.63) is 35.9 Å². The molecule has 1 heterocycles. The minimum atomic E-state index is -0.439. The quantitative estimate of drug-likeness (QED) is 0.824. The lowest BCUT2D eigenvalue weighted by Crippen LogP contribution is -2.48. The smallest absolute Gasteiger partial charge is 0.0900 e. The Balaban J connectivity index is 1.68. The van der Waals surface area contributed by atoms with Crippen molar-refractivity contribution >= 4 is 0 Å². The highest BCUT2D eigenvalue weighted by Gasteiger charge is 2.23. The van der Waals surface area contributed by atoms with Gasteiger partial charge in [-0.15, -0.1) is 0 Å². The Morgan fingerprint density at radius 1 is 1.40 bits per heavy atom. The molecule has 2 atom stereocenters. The molecule has 1 fully saturated rings. The molecule has 0 amide bonds. The molecule has 1 aliphatic rings. The summed E-state index contributed by atoms with van der Waals surface area (Å²) >= 11 is 0. The molecule has 0 aromatic heterocycles. The Morgan fingerprint density at radius 3 is 2.95 bits per heavy atom. The molecule has 1 aromatic carbocycles. The van der Waals surface area contributed by atoms with Gasteiger partial charge in [-0.2, -0.15) is 0 Å². The summed E-state index contributed by atoms with van der Waals surface area (Å²) in [6, 6.07) is 10.5. The van der Waals surface area contributed by atoms with Gasteiger partial charge in [0.25, 0.3) is 0 Å². The van der Waals surface area contributed by atoms with Crippen LogP contribution < -0.4 is 0 Å². The van der Waals surface area contributed by atoms with Crippen molar-refractivity contribution < 1.29 is 14.6 Å². The van der Waals surface area contributed by atoms with E-state index >= 15 is 0 Å². The Hall–Kier alpha value is -0.940. The first-order chi connectivity index (χ1) is 9.79. The maximum Gasteiger partial charge on any atom is 0.0900 e. The van der Waals surface area contributed by atoms with Crippen LogP contribution in [0.4, 0.5) is 0 Å². The summed E-state index contributed by atoms with van der Waals surface area (Å²) in [6.07, 6.45) is 0.614. The summed E-state index contributed by atoms with van der Waals surface area (Å²) in [4.78, 5) is 2.31. The molecule has 2 rings (SSSR count). The number of hydrogen-bond acceptors (Lipinski definition) is 4. The second kappa shape index (κ2) is 8.37. The van der Waals surface area contributed by atoms with Gasteiger partial charge in [-0.25, -0.2) is 0 Å². The van der Waals surface area contributed by atoms with E-state index in [1.165, 1.54) is 0 Å². The number of morpholine rings is 1. The normalized spacial score (nSPS) is 21.8. The second-order valence-electron chi connectivity index (χ2n) is 5.29. The molecule has 4 nitrogen and oxygen atoms in total. The Morgan fingerprint density at radius 2 is 2.20 bits per heavy atom. The molecule has 20 heavy (non-hydrogen) atoms. The van der Waals surface area contributed by atoms with E-state index in [9.17, 15) is 5.11 Å². The highest BCUT2D eigenvalue weighted by Crippen LogP contribution is 2.11. The van der Waals surface area contributed by atoms with E-state index in [1.54, 1.807) is 0 Å². The minimum absolute atomic E-state index is 0.378. The topological polar surface area (TPSA) is 41.9 Å². The standard InChI is InChI=1S/C16H25NO3/c1-2-15-12-19-9-8-17(15)10-16(18)13-20-11-14-6-4-3-5-7-14/h3-7,15-16,18H,2,8-13H2,1H3. The zero-order valence-electron chi connectivity index (χ0n) is 12.2. The van der Waals surface area contributed by atoms with Crippen molar-refractivity contribution in [1.82, 2.24) is 4.90 Å². The van der Waals surface area contributed by atoms with Gasteiger partial charge < -0.3 is 14.6 Å². The van der Waals surface area contributed by atoms with Crippen LogP contribution in [0.1, 0.15) is 18.9 Å². The third-order valence-electron chi connectivity index (χ3n) is 3.69. The molecule has 0 spiro atoms. The summed E-state index contributed by atoms with van der Waals surface area (Å²) in [5.74, 6) is 0. The molecule has 0 radical (unpaired) electrons. The summed E-state index contributed by atoms with van der Waals surface area (Å²) in [5, 5.41) is 10.1. The predicted molar refractivity (Wildman–Crippen MR) is 78.6 cm³/mol. The molecule has 0 aliphatic carbocycles. The van der Waals surface area contributed by atoms with Crippen LogP contribution in [0, 0.1) is 0 Å². The lowest BCUT2D eigenvalue weighted by Gasteiger charge is -2.36. The van der Waals surface area contributed by atoms with Gasteiger partial charge in [-0.3, -0.25) is 4.90 Å². The van der Waals surface area contributed by atoms with Crippen LogP contribution in [0.25, 0.3) is 0 Å². The molecule has 112 valence electrons. The third kappa shape index (κ3) is 4.87. The van der Waals surface area contributed by atoms with Crippen molar-refractivity contribution in [1.29, 1.82) is 0 Å². The van der Waals surface area contributed by atoms with Gasteiger partial charge in [0.1, 0.15) is 0 Å². The summed E-state index contributed by atoms with van der Waals surface area (Å²) in [7, 11) is 0. The lowest BCUT2D eigenvalue weighted by atomic mass is 10.1. The Kier molecular flexibility index (Phi) is 6.47. The van der Waals surface area contributed by atoms with Gasteiger partial charge in [0.05, 0.1) is 32.5 Å². The summed E-state index contributed by atoms with van der Waals surface area (Å²) in [6.45, 7) is 6.18. The number of rotatable bonds is 7. The summed E-state index contributed by atoms with van der Waals surface area (Å²) < 4.78 is 11.1. The van der Waals surface area contributed by atoms with Crippen LogP contribution in [0.15, 0.2) is 30.3 Å². The Bertz CT molecular complexity index is 371. The van der Waals surface area contributed by atoms with Gasteiger partial charge in [0.2, 0.25) is 0 Å². The number of aliphatic hydroxyl groups excluding tert-OH is 1. The van der Waals surface area contributed by atoms with Crippen LogP contribution in [0.3, 0.4) is 0 Å². The van der Waals surface area contributed by atoms with Crippen molar-refractivity contribution in [3.8, 4) is 0 Å². The van der Waals surface area contributed by atoms with E-state index in [2.05, 4.69) is 11.8 Å². The Labute approximate surface area is 121 Å². The van der Waals surface area contributed by atoms with Crippen LogP contribution in [0.5, 0.6) is 0 Å². The van der Waals surface area contributed by atoms with E-state index in [0.717, 1.165) is 31.7 Å². The maximum atomic E-state index is 10.1. The fraction of sp³-hybridized carbons (Fsp3) is 0.625. The number of benzene rings is 1. The number of ether oxygens (including phenoxy) is 2. The molecule has 1 N–H and O–H groups in total. The molecule has 4 heteroatoms. The van der Waals surface area contributed by atoms with Crippen LogP contribution in [-0.2, 0) is 16.1 Å². The van der Waals surface area contributed by atoms with E-state index in [0.29, 0.717) is 25.8 Å². The van der Waals surface area contributed by atoms with Gasteiger partial charge in [0.15, 0.2) is 0 Å². The van der Waals surface area contributed by atoms with Gasteiger partial charge in [-0.1, -0.05) is 37.3 Å². The largest absolute Gasteiger partial charge is 0.389 e. The van der Waals surface area contributed by atoms with Crippen LogP contribution in [-0.4, -0.2) is 55.1 Å². The van der Waals surface area contributed by atoms with Crippen LogP contribution in [0.2, 0.25) is 0 Å². The van der Waals surface area contributed by atoms with E-state index in [-0.39, 0.29) is 0 Å². The fourth-order valence-electron chi connectivity index (χ4n) is 2.52. The molecule has 1 aliphatic heterocycles. The van der Waals surface area contributed by atoms with E-state index < -0.39 is 6.10 Å². The first kappa shape index (κ1) is 15.4. The number of hydrogen-bond donors (Lipinski definition) is 1. The average molecular weight is 279 g/mol. The zero-order chi connectivity index (χ0) is 14.2. The summed E-state index contributed by atoms with van der Waals surface area (Å²) in [5.41, 5.74) is 1.14. The van der Waals surface area contributed by atoms with Gasteiger partial charge >= 0.3 is 0 Å². The van der Waals surface area contributed by atoms with Gasteiger partial charge in [0, 0.05) is 19.1 Å². The van der Waals surface area contributed by atoms with Crippen molar-refractivity contribution in [2.45, 2.75) is 32.1 Å². The number of nitrogens with zero attached hydrogens (tertiary/aromatic N) is 1. The fourth-order valence-corrected chi connectivity index (χ4v) is 2.52. The highest BCUT2D eigenvalue weighted by atomic mass is 16.5. The van der Waals surface area contributed by atoms with Crippen molar-refractivity contribution in [3.63, 3.8) is 0 Å². The van der Waals surface area contributed by atoms with Crippen LogP contribution >= 0.6 is 0 Å². The lowest BCUT2D eigenvalue weighted by molar-refractivity contribution is -0.0453. The molecule has 0 saturated carbocycles. The number of β-amino-alcohol motifs (C(OH)–C–C–N with tert-alkyl or cyclic N) is 1. The van der Waals surface area contributed by atoms with E-state index in [4.69, 9.17) is 9.47 Å². The number of aliphatic hydroxyl groups is 1. The minimum Gasteiger partial charge on any atom is -0.389 e. The third-order valence-corrected chi connectivity index (χ3v) is 3.69. The highest BCUT2D eigenvalue weighted by molar-refractivity contribution is 5.13. The first-order valence-corrected chi connectivity index (χ1v) is 7.41. The van der Waals surface area contributed by atoms with Crippen molar-refractivity contribution in [2.75, 3.05) is 32.9 Å². The monoisotopic (exact) mass is 279 g/mol. The van der Waals surface area contributed by atoms with Gasteiger partial charge in [-0.05, 0) is 12.0 Å². The molecule has 0 bridgehead atoms. The average Bonchev–Trinajstić information content (AvgIpc) is 2.49. The molecule has 2 unspecified atom stereocenters. The molecule has 1 saturated heterocycles.